The van der Waals surface area contributed by atoms with Crippen molar-refractivity contribution in [3.63, 3.8) is 0 Å². The fraction of sp³-hybridized carbons (Fsp3) is 0.750. The standard InChI is InChI=1S/C12H19BrO2/c1-15-12(14)11(8-4-5-9-13)10-6-2-3-7-10/h4-5,10-11H,2-3,6-9H2,1H3/b5-4+. The van der Waals surface area contributed by atoms with Crippen molar-refractivity contribution in [1.82, 2.24) is 0 Å². The quantitative estimate of drug-likeness (QED) is 0.437. The zero-order chi connectivity index (χ0) is 11.1. The minimum absolute atomic E-state index is 0.0406. The molecule has 1 aliphatic carbocycles. The van der Waals surface area contributed by atoms with Crippen molar-refractivity contribution in [3.05, 3.63) is 12.2 Å². The van der Waals surface area contributed by atoms with Gasteiger partial charge in [-0.3, -0.25) is 4.79 Å². The SMILES string of the molecule is COC(=O)C(C/C=C/CBr)C1CCCC1. The summed E-state index contributed by atoms with van der Waals surface area (Å²) in [5.41, 5.74) is 0. The van der Waals surface area contributed by atoms with Crippen LogP contribution < -0.4 is 0 Å². The number of ether oxygens (including phenoxy) is 1. The van der Waals surface area contributed by atoms with Gasteiger partial charge in [-0.25, -0.2) is 0 Å². The van der Waals surface area contributed by atoms with Gasteiger partial charge in [0, 0.05) is 5.33 Å². The Bertz CT molecular complexity index is 220. The predicted octanol–water partition coefficient (Wildman–Crippen LogP) is 3.31. The number of carbonyl (C=O) groups is 1. The second-order valence-corrected chi connectivity index (χ2v) is 4.68. The number of hydrogen-bond donors (Lipinski definition) is 0. The Morgan fingerprint density at radius 1 is 1.47 bits per heavy atom. The lowest BCUT2D eigenvalue weighted by Crippen LogP contribution is -2.22. The maximum atomic E-state index is 11.6. The van der Waals surface area contributed by atoms with E-state index in [1.165, 1.54) is 32.8 Å². The first-order chi connectivity index (χ1) is 7.29. The van der Waals surface area contributed by atoms with Crippen molar-refractivity contribution in [3.8, 4) is 0 Å². The van der Waals surface area contributed by atoms with E-state index in [2.05, 4.69) is 22.0 Å². The average Bonchev–Trinajstić information content (AvgIpc) is 2.77. The number of allylic oxidation sites excluding steroid dienone is 2. The molecule has 0 amide bonds. The number of methoxy groups -OCH3 is 1. The van der Waals surface area contributed by atoms with Gasteiger partial charge in [0.05, 0.1) is 13.0 Å². The summed E-state index contributed by atoms with van der Waals surface area (Å²) in [6.45, 7) is 0. The lowest BCUT2D eigenvalue weighted by Gasteiger charge is -2.19. The van der Waals surface area contributed by atoms with E-state index in [1.807, 2.05) is 6.08 Å². The minimum atomic E-state index is -0.0406. The van der Waals surface area contributed by atoms with Gasteiger partial charge in [0.2, 0.25) is 0 Å². The van der Waals surface area contributed by atoms with Gasteiger partial charge >= 0.3 is 5.97 Å². The van der Waals surface area contributed by atoms with Crippen LogP contribution in [-0.2, 0) is 9.53 Å². The molecule has 0 spiro atoms. The summed E-state index contributed by atoms with van der Waals surface area (Å²) < 4.78 is 4.87. The highest BCUT2D eigenvalue weighted by Crippen LogP contribution is 2.33. The van der Waals surface area contributed by atoms with Gasteiger partial charge in [0.15, 0.2) is 0 Å². The maximum Gasteiger partial charge on any atom is 0.309 e. The molecule has 86 valence electrons. The van der Waals surface area contributed by atoms with Crippen LogP contribution in [-0.4, -0.2) is 18.4 Å². The number of esters is 1. The van der Waals surface area contributed by atoms with Crippen LogP contribution in [0.2, 0.25) is 0 Å². The summed E-state index contributed by atoms with van der Waals surface area (Å²) in [7, 11) is 1.48. The molecule has 1 atom stereocenters. The van der Waals surface area contributed by atoms with Crippen LogP contribution in [0.1, 0.15) is 32.1 Å². The van der Waals surface area contributed by atoms with Gasteiger partial charge in [-0.05, 0) is 25.2 Å². The topological polar surface area (TPSA) is 26.3 Å². The molecule has 0 radical (unpaired) electrons. The Kier molecular flexibility index (Phi) is 5.99. The number of alkyl halides is 1. The van der Waals surface area contributed by atoms with Gasteiger partial charge in [-0.2, -0.15) is 0 Å². The van der Waals surface area contributed by atoms with Crippen LogP contribution in [0.15, 0.2) is 12.2 Å². The fourth-order valence-electron chi connectivity index (χ4n) is 2.30. The molecule has 0 aromatic heterocycles. The highest BCUT2D eigenvalue weighted by atomic mass is 79.9. The lowest BCUT2D eigenvalue weighted by atomic mass is 9.88. The van der Waals surface area contributed by atoms with Crippen LogP contribution in [0.4, 0.5) is 0 Å². The van der Waals surface area contributed by atoms with Crippen molar-refractivity contribution >= 4 is 21.9 Å². The summed E-state index contributed by atoms with van der Waals surface area (Å²) >= 11 is 3.33. The molecule has 1 saturated carbocycles. The van der Waals surface area contributed by atoms with Gasteiger partial charge in [-0.15, -0.1) is 0 Å². The summed E-state index contributed by atoms with van der Waals surface area (Å²) in [5.74, 6) is 0.575. The molecule has 3 heteroatoms. The molecule has 0 aromatic rings. The largest absolute Gasteiger partial charge is 0.469 e. The zero-order valence-corrected chi connectivity index (χ0v) is 10.8. The van der Waals surface area contributed by atoms with Crippen LogP contribution in [0.3, 0.4) is 0 Å². The number of rotatable bonds is 5. The monoisotopic (exact) mass is 274 g/mol. The van der Waals surface area contributed by atoms with E-state index < -0.39 is 0 Å². The first-order valence-electron chi connectivity index (χ1n) is 5.58. The second-order valence-electron chi connectivity index (χ2n) is 4.04. The Hall–Kier alpha value is -0.310. The minimum Gasteiger partial charge on any atom is -0.469 e. The predicted molar refractivity (Wildman–Crippen MR) is 65.0 cm³/mol. The smallest absolute Gasteiger partial charge is 0.309 e. The first kappa shape index (κ1) is 12.8. The Morgan fingerprint density at radius 2 is 2.13 bits per heavy atom. The summed E-state index contributed by atoms with van der Waals surface area (Å²) in [5, 5.41) is 0.853. The first-order valence-corrected chi connectivity index (χ1v) is 6.70. The summed E-state index contributed by atoms with van der Waals surface area (Å²) in [4.78, 5) is 11.6. The fourth-order valence-corrected chi connectivity index (χ4v) is 2.56. The highest BCUT2D eigenvalue weighted by molar-refractivity contribution is 9.09. The molecule has 1 unspecified atom stereocenters. The molecule has 0 heterocycles. The molecule has 1 fully saturated rings. The molecular weight excluding hydrogens is 256 g/mol. The molecule has 1 aliphatic rings. The van der Waals surface area contributed by atoms with Gasteiger partial charge < -0.3 is 4.74 Å². The van der Waals surface area contributed by atoms with Crippen molar-refractivity contribution in [1.29, 1.82) is 0 Å². The highest BCUT2D eigenvalue weighted by Gasteiger charge is 2.30. The van der Waals surface area contributed by atoms with Crippen LogP contribution >= 0.6 is 15.9 Å². The van der Waals surface area contributed by atoms with Crippen molar-refractivity contribution in [2.75, 3.05) is 12.4 Å². The number of carbonyl (C=O) groups excluding carboxylic acids is 1. The number of halogens is 1. The van der Waals surface area contributed by atoms with Crippen molar-refractivity contribution in [2.45, 2.75) is 32.1 Å². The van der Waals surface area contributed by atoms with E-state index in [9.17, 15) is 4.79 Å². The maximum absolute atomic E-state index is 11.6. The van der Waals surface area contributed by atoms with E-state index in [1.54, 1.807) is 0 Å². The molecule has 1 rings (SSSR count). The van der Waals surface area contributed by atoms with E-state index in [0.29, 0.717) is 5.92 Å². The average molecular weight is 275 g/mol. The molecule has 15 heavy (non-hydrogen) atoms. The normalized spacial score (nSPS) is 19.6. The molecule has 2 nitrogen and oxygen atoms in total. The Balaban J connectivity index is 2.51. The van der Waals surface area contributed by atoms with E-state index in [-0.39, 0.29) is 11.9 Å². The Labute approximate surface area is 100 Å². The summed E-state index contributed by atoms with van der Waals surface area (Å²) in [6, 6.07) is 0. The van der Waals surface area contributed by atoms with Crippen LogP contribution in [0, 0.1) is 11.8 Å². The van der Waals surface area contributed by atoms with E-state index >= 15 is 0 Å². The van der Waals surface area contributed by atoms with Crippen molar-refractivity contribution in [2.24, 2.45) is 11.8 Å². The second kappa shape index (κ2) is 7.04. The zero-order valence-electron chi connectivity index (χ0n) is 9.25. The van der Waals surface area contributed by atoms with Gasteiger partial charge in [-0.1, -0.05) is 40.9 Å². The van der Waals surface area contributed by atoms with Crippen molar-refractivity contribution < 1.29 is 9.53 Å². The third-order valence-electron chi connectivity index (χ3n) is 3.12. The molecule has 0 saturated heterocycles. The van der Waals surface area contributed by atoms with Crippen LogP contribution in [0.5, 0.6) is 0 Å². The van der Waals surface area contributed by atoms with Crippen LogP contribution in [0.25, 0.3) is 0 Å². The molecular formula is C12H19BrO2. The molecule has 0 aromatic carbocycles. The molecule has 0 bridgehead atoms. The molecule has 0 aliphatic heterocycles. The van der Waals surface area contributed by atoms with Gasteiger partial charge in [0.25, 0.3) is 0 Å². The Morgan fingerprint density at radius 3 is 2.67 bits per heavy atom. The van der Waals surface area contributed by atoms with Gasteiger partial charge in [0.1, 0.15) is 0 Å². The summed E-state index contributed by atoms with van der Waals surface area (Å²) in [6.07, 6.45) is 9.84. The number of hydrogen-bond acceptors (Lipinski definition) is 2. The lowest BCUT2D eigenvalue weighted by molar-refractivity contribution is -0.147. The third-order valence-corrected chi connectivity index (χ3v) is 3.49. The third kappa shape index (κ3) is 3.98. The van der Waals surface area contributed by atoms with E-state index in [0.717, 1.165) is 11.8 Å². The van der Waals surface area contributed by atoms with E-state index in [4.69, 9.17) is 4.74 Å². The molecule has 0 N–H and O–H groups in total.